The second kappa shape index (κ2) is 7.17. The molecule has 1 heterocycles. The summed E-state index contributed by atoms with van der Waals surface area (Å²) in [5.41, 5.74) is 5.70. The van der Waals surface area contributed by atoms with Crippen molar-refractivity contribution in [3.05, 3.63) is 57.3 Å². The van der Waals surface area contributed by atoms with Crippen molar-refractivity contribution >= 4 is 34.1 Å². The Morgan fingerprint density at radius 3 is 2.64 bits per heavy atom. The Bertz CT molecular complexity index is 732. The van der Waals surface area contributed by atoms with Gasteiger partial charge in [0.25, 0.3) is 5.91 Å². The number of aryl methyl sites for hydroxylation is 1. The van der Waals surface area contributed by atoms with Crippen LogP contribution in [0.25, 0.3) is 6.08 Å². The van der Waals surface area contributed by atoms with E-state index in [1.807, 2.05) is 50.3 Å². The summed E-state index contributed by atoms with van der Waals surface area (Å²) in [6, 6.07) is 9.92. The van der Waals surface area contributed by atoms with Crippen LogP contribution in [0.3, 0.4) is 0 Å². The summed E-state index contributed by atoms with van der Waals surface area (Å²) in [4.78, 5) is 12.0. The predicted molar refractivity (Wildman–Crippen MR) is 91.7 cm³/mol. The van der Waals surface area contributed by atoms with Gasteiger partial charge in [-0.05, 0) is 40.9 Å². The van der Waals surface area contributed by atoms with Gasteiger partial charge >= 0.3 is 0 Å². The van der Waals surface area contributed by atoms with E-state index in [9.17, 15) is 4.79 Å². The Kier molecular flexibility index (Phi) is 5.27. The highest BCUT2D eigenvalue weighted by Gasteiger charge is 2.16. The van der Waals surface area contributed by atoms with Crippen molar-refractivity contribution in [1.29, 1.82) is 0 Å². The molecule has 0 aliphatic rings. The first-order valence-corrected chi connectivity index (χ1v) is 7.54. The normalized spacial score (nSPS) is 11.9. The molecule has 0 atom stereocenters. The van der Waals surface area contributed by atoms with Gasteiger partial charge in [0, 0.05) is 7.05 Å². The lowest BCUT2D eigenvalue weighted by Crippen LogP contribution is -2.18. The molecular formula is C16H17BrN4O. The molecule has 22 heavy (non-hydrogen) atoms. The van der Waals surface area contributed by atoms with E-state index >= 15 is 0 Å². The maximum absolute atomic E-state index is 12.0. The number of carbonyl (C=O) groups is 1. The monoisotopic (exact) mass is 360 g/mol. The summed E-state index contributed by atoms with van der Waals surface area (Å²) in [6.07, 6.45) is 3.59. The molecule has 2 rings (SSSR count). The van der Waals surface area contributed by atoms with E-state index in [2.05, 4.69) is 31.6 Å². The Labute approximate surface area is 137 Å². The largest absolute Gasteiger partial charge is 0.293 e. The summed E-state index contributed by atoms with van der Waals surface area (Å²) in [6.45, 7) is 3.80. The first kappa shape index (κ1) is 16.2. The van der Waals surface area contributed by atoms with E-state index < -0.39 is 0 Å². The second-order valence-electron chi connectivity index (χ2n) is 4.87. The summed E-state index contributed by atoms with van der Waals surface area (Å²) < 4.78 is 2.32. The van der Waals surface area contributed by atoms with Gasteiger partial charge < -0.3 is 0 Å². The molecule has 1 aromatic carbocycles. The maximum atomic E-state index is 12.0. The summed E-state index contributed by atoms with van der Waals surface area (Å²) in [5, 5.41) is 8.11. The number of hydrogen-bond acceptors (Lipinski definition) is 3. The fourth-order valence-electron chi connectivity index (χ4n) is 1.82. The fourth-order valence-corrected chi connectivity index (χ4v) is 2.34. The summed E-state index contributed by atoms with van der Waals surface area (Å²) in [5.74, 6) is -0.348. The van der Waals surface area contributed by atoms with Crippen molar-refractivity contribution in [3.63, 3.8) is 0 Å². The highest BCUT2D eigenvalue weighted by molar-refractivity contribution is 9.10. The molecule has 5 nitrogen and oxygen atoms in total. The molecule has 0 saturated heterocycles. The van der Waals surface area contributed by atoms with Crippen LogP contribution in [0.4, 0.5) is 0 Å². The number of benzene rings is 1. The molecule has 114 valence electrons. The fraction of sp³-hybridized carbons (Fsp3) is 0.188. The minimum Gasteiger partial charge on any atom is -0.271 e. The lowest BCUT2D eigenvalue weighted by molar-refractivity contribution is 0.0948. The average molecular weight is 361 g/mol. The number of hydrogen-bond donors (Lipinski definition) is 1. The van der Waals surface area contributed by atoms with Crippen LogP contribution >= 0.6 is 15.9 Å². The third kappa shape index (κ3) is 3.92. The predicted octanol–water partition coefficient (Wildman–Crippen LogP) is 3.31. The number of rotatable bonds is 4. The van der Waals surface area contributed by atoms with Crippen LogP contribution in [0.2, 0.25) is 0 Å². The van der Waals surface area contributed by atoms with Crippen LogP contribution in [0, 0.1) is 6.92 Å². The molecule has 0 spiro atoms. The zero-order chi connectivity index (χ0) is 16.1. The Morgan fingerprint density at radius 2 is 2.05 bits per heavy atom. The molecule has 0 aliphatic heterocycles. The highest BCUT2D eigenvalue weighted by Crippen LogP contribution is 2.19. The zero-order valence-corrected chi connectivity index (χ0v) is 14.3. The Hall–Kier alpha value is -2.21. The quantitative estimate of drug-likeness (QED) is 0.671. The molecule has 0 bridgehead atoms. The third-order valence-electron chi connectivity index (χ3n) is 3.10. The first-order chi connectivity index (χ1) is 10.5. The van der Waals surface area contributed by atoms with Gasteiger partial charge in [0.1, 0.15) is 0 Å². The first-order valence-electron chi connectivity index (χ1n) is 6.75. The number of carbonyl (C=O) groups excluding carboxylic acids is 1. The van der Waals surface area contributed by atoms with Gasteiger partial charge in [-0.2, -0.15) is 10.2 Å². The van der Waals surface area contributed by atoms with Gasteiger partial charge in [0.05, 0.1) is 16.4 Å². The number of halogens is 1. The smallest absolute Gasteiger partial charge is 0.271 e. The van der Waals surface area contributed by atoms with E-state index in [-0.39, 0.29) is 5.91 Å². The van der Waals surface area contributed by atoms with Crippen molar-refractivity contribution in [2.24, 2.45) is 12.1 Å². The van der Waals surface area contributed by atoms with E-state index in [4.69, 9.17) is 0 Å². The molecule has 0 saturated carbocycles. The Balaban J connectivity index is 2.01. The number of amides is 1. The molecule has 1 amide bonds. The van der Waals surface area contributed by atoms with Gasteiger partial charge in [0.15, 0.2) is 5.69 Å². The minimum absolute atomic E-state index is 0.321. The summed E-state index contributed by atoms with van der Waals surface area (Å²) >= 11 is 3.36. The molecule has 0 radical (unpaired) electrons. The highest BCUT2D eigenvalue weighted by atomic mass is 79.9. The van der Waals surface area contributed by atoms with Crippen LogP contribution in [0.5, 0.6) is 0 Å². The van der Waals surface area contributed by atoms with Gasteiger partial charge in [0.2, 0.25) is 0 Å². The van der Waals surface area contributed by atoms with Crippen LogP contribution in [-0.4, -0.2) is 21.9 Å². The molecular weight excluding hydrogens is 344 g/mol. The van der Waals surface area contributed by atoms with Crippen molar-refractivity contribution in [1.82, 2.24) is 15.2 Å². The van der Waals surface area contributed by atoms with Gasteiger partial charge in [-0.25, -0.2) is 5.43 Å². The number of allylic oxidation sites excluding steroid dienone is 1. The molecule has 2 aromatic rings. The lowest BCUT2D eigenvalue weighted by Gasteiger charge is -1.97. The maximum Gasteiger partial charge on any atom is 0.293 e. The molecule has 0 fully saturated rings. The summed E-state index contributed by atoms with van der Waals surface area (Å²) in [7, 11) is 1.78. The number of nitrogens with one attached hydrogen (secondary N) is 1. The second-order valence-corrected chi connectivity index (χ2v) is 5.66. The zero-order valence-electron chi connectivity index (χ0n) is 12.7. The molecule has 0 aliphatic carbocycles. The Morgan fingerprint density at radius 1 is 1.36 bits per heavy atom. The van der Waals surface area contributed by atoms with Crippen molar-refractivity contribution < 1.29 is 4.79 Å². The van der Waals surface area contributed by atoms with Crippen molar-refractivity contribution in [2.75, 3.05) is 0 Å². The van der Waals surface area contributed by atoms with E-state index in [0.717, 1.165) is 16.8 Å². The number of nitrogens with zero attached hydrogens (tertiary/aromatic N) is 3. The van der Waals surface area contributed by atoms with Crippen LogP contribution in [0.1, 0.15) is 28.7 Å². The molecule has 6 heteroatoms. The van der Waals surface area contributed by atoms with Crippen LogP contribution in [-0.2, 0) is 7.05 Å². The average Bonchev–Trinajstić information content (AvgIpc) is 2.76. The van der Waals surface area contributed by atoms with E-state index in [0.29, 0.717) is 10.2 Å². The lowest BCUT2D eigenvalue weighted by atomic mass is 10.1. The van der Waals surface area contributed by atoms with Gasteiger partial charge in [-0.3, -0.25) is 9.48 Å². The molecule has 0 unspecified atom stereocenters. The van der Waals surface area contributed by atoms with Gasteiger partial charge in [-0.15, -0.1) is 0 Å². The number of hydrazone groups is 1. The standard InChI is InChI=1S/C16H17BrN4O/c1-11(9-13-7-5-4-6-8-13)10-18-19-16(22)15-14(17)12(2)21(3)20-15/h4-10H,1-3H3,(H,19,22)/b11-9+,18-10-. The van der Waals surface area contributed by atoms with Gasteiger partial charge in [-0.1, -0.05) is 36.4 Å². The number of aromatic nitrogens is 2. The third-order valence-corrected chi connectivity index (χ3v) is 4.05. The minimum atomic E-state index is -0.348. The van der Waals surface area contributed by atoms with E-state index in [1.165, 1.54) is 0 Å². The molecule has 1 N–H and O–H groups in total. The van der Waals surface area contributed by atoms with Crippen LogP contribution < -0.4 is 5.43 Å². The van der Waals surface area contributed by atoms with Crippen molar-refractivity contribution in [2.45, 2.75) is 13.8 Å². The topological polar surface area (TPSA) is 59.3 Å². The van der Waals surface area contributed by atoms with E-state index in [1.54, 1.807) is 17.9 Å². The van der Waals surface area contributed by atoms with Crippen LogP contribution in [0.15, 0.2) is 45.5 Å². The van der Waals surface area contributed by atoms with Crippen molar-refractivity contribution in [3.8, 4) is 0 Å². The molecule has 1 aromatic heterocycles. The SMILES string of the molecule is CC(/C=N\NC(=O)c1nn(C)c(C)c1Br)=C\c1ccccc1.